The van der Waals surface area contributed by atoms with Crippen LogP contribution in [0.4, 0.5) is 0 Å². The van der Waals surface area contributed by atoms with E-state index in [4.69, 9.17) is 0 Å². The molecule has 0 saturated heterocycles. The van der Waals surface area contributed by atoms with Gasteiger partial charge in [0.2, 0.25) is 0 Å². The van der Waals surface area contributed by atoms with Crippen LogP contribution < -0.4 is 5.32 Å². The average molecular weight is 345 g/mol. The number of hydrogen-bond acceptors (Lipinski definition) is 2. The maximum absolute atomic E-state index is 4.58. The fraction of sp³-hybridized carbons (Fsp3) is 0.292. The number of pyridine rings is 1. The van der Waals surface area contributed by atoms with Crippen LogP contribution in [0.3, 0.4) is 0 Å². The van der Waals surface area contributed by atoms with E-state index in [1.165, 1.54) is 5.56 Å². The summed E-state index contributed by atoms with van der Waals surface area (Å²) in [5.41, 5.74) is 4.28. The molecular weight excluding hydrogens is 316 g/mol. The lowest BCUT2D eigenvalue weighted by molar-refractivity contribution is 0.327. The summed E-state index contributed by atoms with van der Waals surface area (Å²) in [6, 6.07) is 21.0. The van der Waals surface area contributed by atoms with Gasteiger partial charge in [-0.15, -0.1) is 0 Å². The minimum Gasteiger partial charge on any atom is -0.379 e. The number of nitrogens with zero attached hydrogens (tertiary/aromatic N) is 1. The van der Waals surface area contributed by atoms with Crippen molar-refractivity contribution in [2.75, 3.05) is 0 Å². The van der Waals surface area contributed by atoms with Crippen molar-refractivity contribution in [3.05, 3.63) is 84.6 Å². The summed E-state index contributed by atoms with van der Waals surface area (Å²) >= 11 is 0. The first-order valence-electron chi connectivity index (χ1n) is 9.31. The molecule has 1 atom stereocenters. The molecule has 0 bridgehead atoms. The molecule has 134 valence electrons. The summed E-state index contributed by atoms with van der Waals surface area (Å²) in [5, 5.41) is 4.86. The zero-order valence-corrected chi connectivity index (χ0v) is 16.0. The maximum atomic E-state index is 4.58. The smallest absolute Gasteiger partial charge is 0.0702 e. The molecule has 26 heavy (non-hydrogen) atoms. The van der Waals surface area contributed by atoms with E-state index < -0.39 is 0 Å². The van der Waals surface area contributed by atoms with Gasteiger partial charge < -0.3 is 5.32 Å². The van der Waals surface area contributed by atoms with Crippen molar-refractivity contribution in [1.29, 1.82) is 0 Å². The molecule has 0 aliphatic heterocycles. The molecule has 0 spiro atoms. The van der Waals surface area contributed by atoms with Gasteiger partial charge in [0, 0.05) is 28.4 Å². The highest BCUT2D eigenvalue weighted by molar-refractivity contribution is 5.82. The van der Waals surface area contributed by atoms with Gasteiger partial charge in [-0.2, -0.15) is 0 Å². The van der Waals surface area contributed by atoms with Crippen molar-refractivity contribution in [1.82, 2.24) is 10.3 Å². The number of para-hydroxylation sites is 1. The molecule has 0 aliphatic carbocycles. The van der Waals surface area contributed by atoms with Crippen molar-refractivity contribution in [3.8, 4) is 0 Å². The summed E-state index contributed by atoms with van der Waals surface area (Å²) in [6.07, 6.45) is 3.95. The lowest BCUT2D eigenvalue weighted by Gasteiger charge is -2.35. The van der Waals surface area contributed by atoms with Gasteiger partial charge in [0.15, 0.2) is 0 Å². The lowest BCUT2D eigenvalue weighted by atomic mass is 9.84. The fourth-order valence-corrected chi connectivity index (χ4v) is 3.79. The Hall–Kier alpha value is -2.61. The van der Waals surface area contributed by atoms with Gasteiger partial charge in [-0.05, 0) is 43.4 Å². The molecule has 3 aromatic rings. The van der Waals surface area contributed by atoms with Crippen molar-refractivity contribution in [3.63, 3.8) is 0 Å². The Labute approximate surface area is 157 Å². The zero-order chi connectivity index (χ0) is 18.6. The van der Waals surface area contributed by atoms with Gasteiger partial charge in [-0.25, -0.2) is 0 Å². The van der Waals surface area contributed by atoms with Gasteiger partial charge in [0.25, 0.3) is 0 Å². The molecule has 2 nitrogen and oxygen atoms in total. The molecule has 1 aromatic heterocycles. The number of rotatable bonds is 7. The minimum atomic E-state index is -0.0573. The van der Waals surface area contributed by atoms with Crippen LogP contribution in [0.25, 0.3) is 16.6 Å². The molecule has 0 radical (unpaired) electrons. The second-order valence-electron chi connectivity index (χ2n) is 7.84. The quantitative estimate of drug-likeness (QED) is 0.582. The Morgan fingerprint density at radius 2 is 1.77 bits per heavy atom. The van der Waals surface area contributed by atoms with Crippen molar-refractivity contribution >= 4 is 16.6 Å². The fourth-order valence-electron chi connectivity index (χ4n) is 3.79. The van der Waals surface area contributed by atoms with Crippen LogP contribution in [-0.2, 0) is 6.42 Å². The topological polar surface area (TPSA) is 24.9 Å². The summed E-state index contributed by atoms with van der Waals surface area (Å²) in [5.74, 6) is 0.596. The van der Waals surface area contributed by atoms with Crippen molar-refractivity contribution in [2.45, 2.75) is 39.2 Å². The van der Waals surface area contributed by atoms with Crippen LogP contribution in [0.15, 0.2) is 73.4 Å². The highest BCUT2D eigenvalue weighted by atomic mass is 15.0. The summed E-state index contributed by atoms with van der Waals surface area (Å²) in [4.78, 5) is 4.58. The minimum absolute atomic E-state index is 0.0573. The monoisotopic (exact) mass is 344 g/mol. The van der Waals surface area contributed by atoms with Gasteiger partial charge in [-0.1, -0.05) is 69.0 Å². The predicted molar refractivity (Wildman–Crippen MR) is 112 cm³/mol. The molecule has 1 heterocycles. The third-order valence-electron chi connectivity index (χ3n) is 4.69. The second-order valence-corrected chi connectivity index (χ2v) is 7.84. The highest BCUT2D eigenvalue weighted by Gasteiger charge is 2.26. The van der Waals surface area contributed by atoms with E-state index in [-0.39, 0.29) is 5.54 Å². The van der Waals surface area contributed by atoms with Crippen LogP contribution in [0.5, 0.6) is 0 Å². The lowest BCUT2D eigenvalue weighted by Crippen LogP contribution is -2.44. The molecule has 1 unspecified atom stereocenters. The maximum Gasteiger partial charge on any atom is 0.0702 e. The zero-order valence-electron chi connectivity index (χ0n) is 16.0. The molecule has 3 rings (SSSR count). The summed E-state index contributed by atoms with van der Waals surface area (Å²) in [6.45, 7) is 11.1. The van der Waals surface area contributed by atoms with E-state index in [2.05, 4.69) is 80.1 Å². The van der Waals surface area contributed by atoms with Crippen molar-refractivity contribution < 1.29 is 0 Å². The molecule has 0 saturated carbocycles. The van der Waals surface area contributed by atoms with Crippen LogP contribution in [0.1, 0.15) is 38.3 Å². The van der Waals surface area contributed by atoms with Crippen LogP contribution >= 0.6 is 0 Å². The van der Waals surface area contributed by atoms with Crippen LogP contribution in [-0.4, -0.2) is 10.5 Å². The Bertz CT molecular complexity index is 883. The Balaban J connectivity index is 1.83. The van der Waals surface area contributed by atoms with Gasteiger partial charge >= 0.3 is 0 Å². The van der Waals surface area contributed by atoms with Crippen molar-refractivity contribution in [2.24, 2.45) is 5.92 Å². The van der Waals surface area contributed by atoms with Gasteiger partial charge in [-0.3, -0.25) is 4.98 Å². The standard InChI is InChI=1S/C24H28N2/c1-18(2)15-24(4,16-20-10-6-5-7-11-20)26-19(3)22-14-21-12-8-9-13-23(21)25-17-22/h5-14,17-18,26H,3,15-16H2,1-2,4H3. The van der Waals surface area contributed by atoms with Gasteiger partial charge in [0.05, 0.1) is 5.52 Å². The molecule has 0 amide bonds. The second kappa shape index (κ2) is 7.74. The van der Waals surface area contributed by atoms with Crippen LogP contribution in [0, 0.1) is 5.92 Å². The summed E-state index contributed by atoms with van der Waals surface area (Å²) < 4.78 is 0. The Kier molecular flexibility index (Phi) is 5.41. The normalized spacial score (nSPS) is 13.5. The third-order valence-corrected chi connectivity index (χ3v) is 4.69. The third kappa shape index (κ3) is 4.51. The molecule has 1 N–H and O–H groups in total. The van der Waals surface area contributed by atoms with E-state index in [0.29, 0.717) is 5.92 Å². The number of nitrogens with one attached hydrogen (secondary N) is 1. The average Bonchev–Trinajstić information content (AvgIpc) is 2.61. The van der Waals surface area contributed by atoms with Gasteiger partial charge in [0.1, 0.15) is 0 Å². The first-order chi connectivity index (χ1) is 12.5. The molecular formula is C24H28N2. The number of hydrogen-bond donors (Lipinski definition) is 1. The molecule has 0 aliphatic rings. The van der Waals surface area contributed by atoms with E-state index in [9.17, 15) is 0 Å². The highest BCUT2D eigenvalue weighted by Crippen LogP contribution is 2.26. The van der Waals surface area contributed by atoms with Crippen LogP contribution in [0.2, 0.25) is 0 Å². The van der Waals surface area contributed by atoms with E-state index >= 15 is 0 Å². The number of benzene rings is 2. The predicted octanol–water partition coefficient (Wildman–Crippen LogP) is 5.84. The van der Waals surface area contributed by atoms with E-state index in [0.717, 1.165) is 35.0 Å². The largest absolute Gasteiger partial charge is 0.379 e. The number of aromatic nitrogens is 1. The first-order valence-corrected chi connectivity index (χ1v) is 9.31. The first kappa shape index (κ1) is 18.2. The molecule has 0 fully saturated rings. The van der Waals surface area contributed by atoms with E-state index in [1.807, 2.05) is 24.4 Å². The Morgan fingerprint density at radius 3 is 2.50 bits per heavy atom. The van der Waals surface area contributed by atoms with E-state index in [1.54, 1.807) is 0 Å². The molecule has 2 heteroatoms. The Morgan fingerprint density at radius 1 is 1.08 bits per heavy atom. The molecule has 2 aromatic carbocycles. The SMILES string of the molecule is C=C(NC(C)(Cc1ccccc1)CC(C)C)c1cnc2ccccc2c1. The number of fused-ring (bicyclic) bond motifs is 1. The summed E-state index contributed by atoms with van der Waals surface area (Å²) in [7, 11) is 0.